The molecule has 0 fully saturated rings. The SMILES string of the molecule is C[C@H](N)c1cc(C(F)(F)F)ccn1. The zero-order valence-electron chi connectivity index (χ0n) is 6.97. The molecular weight excluding hydrogens is 181 g/mol. The average Bonchev–Trinajstić information content (AvgIpc) is 2.03. The molecule has 1 aromatic rings. The van der Waals surface area contributed by atoms with E-state index in [1.165, 1.54) is 0 Å². The van der Waals surface area contributed by atoms with E-state index in [4.69, 9.17) is 5.73 Å². The molecule has 1 rings (SSSR count). The molecule has 0 amide bonds. The van der Waals surface area contributed by atoms with Gasteiger partial charge in [0.2, 0.25) is 0 Å². The molecule has 0 aliphatic heterocycles. The summed E-state index contributed by atoms with van der Waals surface area (Å²) in [5.74, 6) is 0. The maximum Gasteiger partial charge on any atom is 0.416 e. The number of pyridine rings is 1. The van der Waals surface area contributed by atoms with Crippen LogP contribution in [0.25, 0.3) is 0 Å². The Bertz CT molecular complexity index is 294. The van der Waals surface area contributed by atoms with Crippen molar-refractivity contribution in [2.24, 2.45) is 5.73 Å². The number of nitrogens with zero attached hydrogens (tertiary/aromatic N) is 1. The van der Waals surface area contributed by atoms with Crippen LogP contribution >= 0.6 is 0 Å². The van der Waals surface area contributed by atoms with Crippen molar-refractivity contribution in [3.8, 4) is 0 Å². The Kier molecular flexibility index (Phi) is 2.56. The van der Waals surface area contributed by atoms with Gasteiger partial charge in [0.1, 0.15) is 0 Å². The second-order valence-corrected chi connectivity index (χ2v) is 2.76. The Labute approximate surface area is 73.6 Å². The number of hydrogen-bond donors (Lipinski definition) is 1. The molecule has 0 saturated heterocycles. The number of nitrogens with two attached hydrogens (primary N) is 1. The highest BCUT2D eigenvalue weighted by Gasteiger charge is 2.30. The third-order valence-electron chi connectivity index (χ3n) is 1.57. The van der Waals surface area contributed by atoms with Crippen molar-refractivity contribution >= 4 is 0 Å². The van der Waals surface area contributed by atoms with E-state index < -0.39 is 17.8 Å². The molecular formula is C8H9F3N2. The standard InChI is InChI=1S/C8H9F3N2/c1-5(12)7-4-6(2-3-13-7)8(9,10)11/h2-5H,12H2,1H3/t5-/m0/s1. The smallest absolute Gasteiger partial charge is 0.323 e. The minimum absolute atomic E-state index is 0.245. The Morgan fingerprint density at radius 3 is 2.54 bits per heavy atom. The maximum absolute atomic E-state index is 12.2. The van der Waals surface area contributed by atoms with Crippen molar-refractivity contribution in [1.29, 1.82) is 0 Å². The van der Waals surface area contributed by atoms with Gasteiger partial charge in [-0.3, -0.25) is 4.98 Å². The lowest BCUT2D eigenvalue weighted by Gasteiger charge is -2.09. The van der Waals surface area contributed by atoms with Gasteiger partial charge in [-0.15, -0.1) is 0 Å². The number of halogens is 3. The average molecular weight is 190 g/mol. The van der Waals surface area contributed by atoms with Crippen LogP contribution in [0.5, 0.6) is 0 Å². The normalized spacial score (nSPS) is 14.2. The molecule has 2 N–H and O–H groups in total. The number of rotatable bonds is 1. The predicted molar refractivity (Wildman–Crippen MR) is 41.8 cm³/mol. The molecule has 5 heteroatoms. The summed E-state index contributed by atoms with van der Waals surface area (Å²) in [7, 11) is 0. The first-order valence-corrected chi connectivity index (χ1v) is 3.70. The third-order valence-corrected chi connectivity index (χ3v) is 1.57. The lowest BCUT2D eigenvalue weighted by Crippen LogP contribution is -2.11. The first kappa shape index (κ1) is 9.98. The molecule has 1 atom stereocenters. The zero-order chi connectivity index (χ0) is 10.1. The number of alkyl halides is 3. The van der Waals surface area contributed by atoms with Gasteiger partial charge in [0, 0.05) is 12.2 Å². The largest absolute Gasteiger partial charge is 0.416 e. The second kappa shape index (κ2) is 3.33. The van der Waals surface area contributed by atoms with Crippen LogP contribution in [-0.4, -0.2) is 4.98 Å². The lowest BCUT2D eigenvalue weighted by atomic mass is 10.1. The van der Waals surface area contributed by atoms with Crippen LogP contribution in [0.4, 0.5) is 13.2 Å². The monoisotopic (exact) mass is 190 g/mol. The van der Waals surface area contributed by atoms with Gasteiger partial charge in [0.15, 0.2) is 0 Å². The molecule has 1 heterocycles. The number of hydrogen-bond acceptors (Lipinski definition) is 2. The first-order valence-electron chi connectivity index (χ1n) is 3.70. The van der Waals surface area contributed by atoms with E-state index in [1.807, 2.05) is 0 Å². The van der Waals surface area contributed by atoms with E-state index in [1.54, 1.807) is 6.92 Å². The van der Waals surface area contributed by atoms with Crippen molar-refractivity contribution < 1.29 is 13.2 Å². The summed E-state index contributed by atoms with van der Waals surface area (Å²) in [5.41, 5.74) is 4.93. The van der Waals surface area contributed by atoms with Crippen LogP contribution in [0.2, 0.25) is 0 Å². The maximum atomic E-state index is 12.2. The highest BCUT2D eigenvalue weighted by Crippen LogP contribution is 2.29. The van der Waals surface area contributed by atoms with Crippen molar-refractivity contribution in [1.82, 2.24) is 4.98 Å². The Hall–Kier alpha value is -1.10. The summed E-state index contributed by atoms with van der Waals surface area (Å²) in [4.78, 5) is 3.73. The van der Waals surface area contributed by atoms with Gasteiger partial charge in [-0.1, -0.05) is 0 Å². The first-order chi connectivity index (χ1) is 5.91. The molecule has 0 aliphatic carbocycles. The van der Waals surface area contributed by atoms with Gasteiger partial charge < -0.3 is 5.73 Å². The van der Waals surface area contributed by atoms with Gasteiger partial charge >= 0.3 is 6.18 Å². The van der Waals surface area contributed by atoms with Crippen LogP contribution in [0.15, 0.2) is 18.3 Å². The fraction of sp³-hybridized carbons (Fsp3) is 0.375. The van der Waals surface area contributed by atoms with Crippen LogP contribution < -0.4 is 5.73 Å². The van der Waals surface area contributed by atoms with Gasteiger partial charge in [0.25, 0.3) is 0 Å². The fourth-order valence-corrected chi connectivity index (χ4v) is 0.874. The molecule has 72 valence electrons. The van der Waals surface area contributed by atoms with Crippen molar-refractivity contribution in [2.75, 3.05) is 0 Å². The molecule has 0 unspecified atom stereocenters. The van der Waals surface area contributed by atoms with E-state index in [9.17, 15) is 13.2 Å². The van der Waals surface area contributed by atoms with Crippen molar-refractivity contribution in [3.63, 3.8) is 0 Å². The van der Waals surface area contributed by atoms with Crippen LogP contribution in [-0.2, 0) is 6.18 Å². The summed E-state index contributed by atoms with van der Waals surface area (Å²) in [5, 5.41) is 0. The van der Waals surface area contributed by atoms with E-state index >= 15 is 0 Å². The molecule has 0 saturated carbocycles. The van der Waals surface area contributed by atoms with Crippen LogP contribution in [0, 0.1) is 0 Å². The minimum Gasteiger partial charge on any atom is -0.323 e. The summed E-state index contributed by atoms with van der Waals surface area (Å²) in [6.07, 6.45) is -3.21. The van der Waals surface area contributed by atoms with Crippen LogP contribution in [0.1, 0.15) is 24.2 Å². The Morgan fingerprint density at radius 1 is 1.46 bits per heavy atom. The summed E-state index contributed by atoms with van der Waals surface area (Å²) in [6.45, 7) is 1.59. The number of aromatic nitrogens is 1. The van der Waals surface area contributed by atoms with Gasteiger partial charge in [-0.2, -0.15) is 13.2 Å². The highest BCUT2D eigenvalue weighted by atomic mass is 19.4. The molecule has 0 bridgehead atoms. The van der Waals surface area contributed by atoms with Gasteiger partial charge in [-0.05, 0) is 19.1 Å². The summed E-state index contributed by atoms with van der Waals surface area (Å²) >= 11 is 0. The van der Waals surface area contributed by atoms with E-state index in [0.717, 1.165) is 18.3 Å². The summed E-state index contributed by atoms with van der Waals surface area (Å²) < 4.78 is 36.5. The van der Waals surface area contributed by atoms with E-state index in [-0.39, 0.29) is 5.69 Å². The molecule has 2 nitrogen and oxygen atoms in total. The highest BCUT2D eigenvalue weighted by molar-refractivity contribution is 5.20. The summed E-state index contributed by atoms with van der Waals surface area (Å²) in [6, 6.07) is 1.40. The van der Waals surface area contributed by atoms with Crippen molar-refractivity contribution in [2.45, 2.75) is 19.1 Å². The second-order valence-electron chi connectivity index (χ2n) is 2.76. The van der Waals surface area contributed by atoms with E-state index in [0.29, 0.717) is 0 Å². The molecule has 0 spiro atoms. The Morgan fingerprint density at radius 2 is 2.08 bits per heavy atom. The molecule has 13 heavy (non-hydrogen) atoms. The molecule has 0 aromatic carbocycles. The lowest BCUT2D eigenvalue weighted by molar-refractivity contribution is -0.137. The van der Waals surface area contributed by atoms with Crippen LogP contribution in [0.3, 0.4) is 0 Å². The molecule has 1 aromatic heterocycles. The molecule has 0 aliphatic rings. The quantitative estimate of drug-likeness (QED) is 0.736. The third kappa shape index (κ3) is 2.42. The van der Waals surface area contributed by atoms with Gasteiger partial charge in [-0.25, -0.2) is 0 Å². The van der Waals surface area contributed by atoms with Gasteiger partial charge in [0.05, 0.1) is 11.3 Å². The van der Waals surface area contributed by atoms with Crippen molar-refractivity contribution in [3.05, 3.63) is 29.6 Å². The minimum atomic E-state index is -4.33. The fourth-order valence-electron chi connectivity index (χ4n) is 0.874. The van der Waals surface area contributed by atoms with E-state index in [2.05, 4.69) is 4.98 Å². The predicted octanol–water partition coefficient (Wildman–Crippen LogP) is 2.12. The topological polar surface area (TPSA) is 38.9 Å². The molecule has 0 radical (unpaired) electrons. The zero-order valence-corrected chi connectivity index (χ0v) is 6.97. The Balaban J connectivity index is 3.06.